The van der Waals surface area contributed by atoms with Gasteiger partial charge in [-0.1, -0.05) is 0 Å². The number of carboxylic acids is 1. The van der Waals surface area contributed by atoms with E-state index in [1.165, 1.54) is 29.0 Å². The van der Waals surface area contributed by atoms with Crippen LogP contribution < -0.4 is 10.1 Å². The van der Waals surface area contributed by atoms with Crippen LogP contribution in [0.4, 0.5) is 24.8 Å². The van der Waals surface area contributed by atoms with Gasteiger partial charge in [0.1, 0.15) is 17.3 Å². The molecule has 3 rings (SSSR count). The molecule has 10 heteroatoms. The molecule has 0 fully saturated rings. The summed E-state index contributed by atoms with van der Waals surface area (Å²) in [4.78, 5) is 19.7. The summed E-state index contributed by atoms with van der Waals surface area (Å²) >= 11 is 0. The molecule has 7 nitrogen and oxygen atoms in total. The van der Waals surface area contributed by atoms with Gasteiger partial charge in [0, 0.05) is 23.6 Å². The molecule has 140 valence electrons. The summed E-state index contributed by atoms with van der Waals surface area (Å²) in [5, 5.41) is 12.1. The second-order valence-electron chi connectivity index (χ2n) is 5.47. The van der Waals surface area contributed by atoms with Crippen LogP contribution >= 0.6 is 0 Å². The first-order chi connectivity index (χ1) is 12.7. The number of hydrogen-bond acceptors (Lipinski definition) is 5. The Balaban J connectivity index is 1.84. The molecule has 0 unspecified atom stereocenters. The van der Waals surface area contributed by atoms with Crippen molar-refractivity contribution in [3.8, 4) is 11.6 Å². The van der Waals surface area contributed by atoms with Crippen LogP contribution in [0.3, 0.4) is 0 Å². The maximum absolute atomic E-state index is 12.2. The van der Waals surface area contributed by atoms with Crippen molar-refractivity contribution < 1.29 is 27.8 Å². The third kappa shape index (κ3) is 4.35. The van der Waals surface area contributed by atoms with Crippen molar-refractivity contribution in [3.63, 3.8) is 0 Å². The van der Waals surface area contributed by atoms with Crippen molar-refractivity contribution in [2.75, 3.05) is 5.32 Å². The standard InChI is InChI=1S/C17H13F3N4O3/c1-10-9-21-16(23-14(10)24-8-2-3-13(24)15(25)26)22-11-4-6-12(7-5-11)27-17(18,19)20/h2-9H,1H3,(H,25,26)(H,21,22,23). The lowest BCUT2D eigenvalue weighted by atomic mass is 10.3. The van der Waals surface area contributed by atoms with Crippen molar-refractivity contribution in [1.29, 1.82) is 0 Å². The fourth-order valence-electron chi connectivity index (χ4n) is 2.35. The zero-order valence-electron chi connectivity index (χ0n) is 13.9. The van der Waals surface area contributed by atoms with Gasteiger partial charge in [0.15, 0.2) is 0 Å². The molecule has 2 aromatic heterocycles. The van der Waals surface area contributed by atoms with E-state index >= 15 is 0 Å². The Morgan fingerprint density at radius 2 is 1.93 bits per heavy atom. The number of nitrogens with one attached hydrogen (secondary N) is 1. The number of hydrogen-bond donors (Lipinski definition) is 2. The van der Waals surface area contributed by atoms with Crippen molar-refractivity contribution in [2.24, 2.45) is 0 Å². The third-order valence-electron chi connectivity index (χ3n) is 3.49. The van der Waals surface area contributed by atoms with Gasteiger partial charge < -0.3 is 15.2 Å². The summed E-state index contributed by atoms with van der Waals surface area (Å²) in [6, 6.07) is 8.08. The van der Waals surface area contributed by atoms with Crippen molar-refractivity contribution >= 4 is 17.6 Å². The number of aromatic nitrogens is 3. The zero-order chi connectivity index (χ0) is 19.6. The number of halogens is 3. The Kier molecular flexibility index (Phi) is 4.72. The van der Waals surface area contributed by atoms with Crippen molar-refractivity contribution in [3.05, 3.63) is 60.0 Å². The normalized spacial score (nSPS) is 11.3. The van der Waals surface area contributed by atoms with Gasteiger partial charge in [0.2, 0.25) is 5.95 Å². The minimum Gasteiger partial charge on any atom is -0.477 e. The summed E-state index contributed by atoms with van der Waals surface area (Å²) in [6.45, 7) is 1.73. The Morgan fingerprint density at radius 3 is 2.56 bits per heavy atom. The molecule has 2 N–H and O–H groups in total. The van der Waals surface area contributed by atoms with Gasteiger partial charge in [0.25, 0.3) is 0 Å². The number of carboxylic acid groups (broad SMARTS) is 1. The summed E-state index contributed by atoms with van der Waals surface area (Å²) in [5.41, 5.74) is 1.12. The van der Waals surface area contributed by atoms with E-state index in [1.807, 2.05) is 0 Å². The molecular formula is C17H13F3N4O3. The van der Waals surface area contributed by atoms with E-state index in [9.17, 15) is 23.1 Å². The smallest absolute Gasteiger partial charge is 0.477 e. The van der Waals surface area contributed by atoms with E-state index < -0.39 is 12.3 Å². The first kappa shape index (κ1) is 18.2. The van der Waals surface area contributed by atoms with E-state index in [2.05, 4.69) is 20.0 Å². The van der Waals surface area contributed by atoms with Crippen molar-refractivity contribution in [2.45, 2.75) is 13.3 Å². The van der Waals surface area contributed by atoms with Gasteiger partial charge in [0.05, 0.1) is 0 Å². The summed E-state index contributed by atoms with van der Waals surface area (Å²) in [6.07, 6.45) is -1.69. The molecule has 0 saturated carbocycles. The quantitative estimate of drug-likeness (QED) is 0.700. The number of carbonyl (C=O) groups is 1. The van der Waals surface area contributed by atoms with E-state index in [0.717, 1.165) is 12.1 Å². The predicted octanol–water partition coefficient (Wildman–Crippen LogP) is 3.92. The zero-order valence-corrected chi connectivity index (χ0v) is 13.9. The lowest BCUT2D eigenvalue weighted by Crippen LogP contribution is -2.17. The number of benzene rings is 1. The maximum atomic E-state index is 12.2. The molecule has 3 aromatic rings. The molecule has 2 heterocycles. The molecule has 0 radical (unpaired) electrons. The molecule has 0 bridgehead atoms. The third-order valence-corrected chi connectivity index (χ3v) is 3.49. The Hall–Kier alpha value is -3.56. The van der Waals surface area contributed by atoms with Crippen LogP contribution in [-0.4, -0.2) is 32.0 Å². The number of nitrogens with zero attached hydrogens (tertiary/aromatic N) is 3. The number of anilines is 2. The first-order valence-electron chi connectivity index (χ1n) is 7.60. The fraction of sp³-hybridized carbons (Fsp3) is 0.118. The number of aromatic carboxylic acids is 1. The average molecular weight is 378 g/mol. The highest BCUT2D eigenvalue weighted by atomic mass is 19.4. The van der Waals surface area contributed by atoms with Gasteiger partial charge in [-0.3, -0.25) is 4.57 Å². The molecule has 0 amide bonds. The van der Waals surface area contributed by atoms with Gasteiger partial charge in [-0.2, -0.15) is 4.98 Å². The molecular weight excluding hydrogens is 365 g/mol. The Morgan fingerprint density at radius 1 is 1.22 bits per heavy atom. The second-order valence-corrected chi connectivity index (χ2v) is 5.47. The van der Waals surface area contributed by atoms with Crippen LogP contribution in [0.1, 0.15) is 16.1 Å². The molecule has 0 aliphatic heterocycles. The van der Waals surface area contributed by atoms with E-state index in [1.54, 1.807) is 19.2 Å². The molecule has 0 saturated heterocycles. The number of rotatable bonds is 5. The van der Waals surface area contributed by atoms with Crippen LogP contribution in [0, 0.1) is 6.92 Å². The largest absolute Gasteiger partial charge is 0.573 e. The summed E-state index contributed by atoms with van der Waals surface area (Å²) < 4.78 is 41.8. The SMILES string of the molecule is Cc1cnc(Nc2ccc(OC(F)(F)F)cc2)nc1-n1cccc1C(=O)O. The van der Waals surface area contributed by atoms with E-state index in [4.69, 9.17) is 0 Å². The van der Waals surface area contributed by atoms with Crippen molar-refractivity contribution in [1.82, 2.24) is 14.5 Å². The fourth-order valence-corrected chi connectivity index (χ4v) is 2.35. The van der Waals surface area contributed by atoms with Crippen LogP contribution in [0.15, 0.2) is 48.8 Å². The molecule has 0 aliphatic carbocycles. The van der Waals surface area contributed by atoms with Crippen LogP contribution in [-0.2, 0) is 0 Å². The van der Waals surface area contributed by atoms with Gasteiger partial charge in [-0.15, -0.1) is 13.2 Å². The predicted molar refractivity (Wildman–Crippen MR) is 89.5 cm³/mol. The lowest BCUT2D eigenvalue weighted by molar-refractivity contribution is -0.274. The Labute approximate surface area is 151 Å². The van der Waals surface area contributed by atoms with Gasteiger partial charge in [-0.25, -0.2) is 9.78 Å². The number of ether oxygens (including phenoxy) is 1. The van der Waals surface area contributed by atoms with Gasteiger partial charge in [-0.05, 0) is 43.3 Å². The molecule has 1 aromatic carbocycles. The Bertz CT molecular complexity index is 968. The van der Waals surface area contributed by atoms with E-state index in [-0.39, 0.29) is 17.4 Å². The molecule has 27 heavy (non-hydrogen) atoms. The number of alkyl halides is 3. The second kappa shape index (κ2) is 6.98. The topological polar surface area (TPSA) is 89.3 Å². The average Bonchev–Trinajstić information content (AvgIpc) is 3.07. The minimum absolute atomic E-state index is 0.0383. The van der Waals surface area contributed by atoms with E-state index in [0.29, 0.717) is 17.1 Å². The monoisotopic (exact) mass is 378 g/mol. The summed E-state index contributed by atoms with van der Waals surface area (Å²) in [7, 11) is 0. The minimum atomic E-state index is -4.76. The summed E-state index contributed by atoms with van der Waals surface area (Å²) in [5.74, 6) is -0.929. The lowest BCUT2D eigenvalue weighted by Gasteiger charge is -2.12. The first-order valence-corrected chi connectivity index (χ1v) is 7.60. The highest BCUT2D eigenvalue weighted by Crippen LogP contribution is 2.25. The van der Waals surface area contributed by atoms with Crippen LogP contribution in [0.5, 0.6) is 5.75 Å². The maximum Gasteiger partial charge on any atom is 0.573 e. The molecule has 0 atom stereocenters. The highest BCUT2D eigenvalue weighted by Gasteiger charge is 2.30. The molecule has 0 spiro atoms. The number of aryl methyl sites for hydroxylation is 1. The van der Waals surface area contributed by atoms with Crippen LogP contribution in [0.25, 0.3) is 5.82 Å². The van der Waals surface area contributed by atoms with Crippen LogP contribution in [0.2, 0.25) is 0 Å². The van der Waals surface area contributed by atoms with Gasteiger partial charge >= 0.3 is 12.3 Å². The highest BCUT2D eigenvalue weighted by molar-refractivity contribution is 5.86. The molecule has 0 aliphatic rings.